The van der Waals surface area contributed by atoms with Gasteiger partial charge in [-0.15, -0.1) is 0 Å². The molecule has 0 radical (unpaired) electrons. The molecule has 24 heavy (non-hydrogen) atoms. The van der Waals surface area contributed by atoms with Crippen molar-refractivity contribution >= 4 is 34.7 Å². The molecule has 0 saturated heterocycles. The summed E-state index contributed by atoms with van der Waals surface area (Å²) in [4.78, 5) is 11.8. The van der Waals surface area contributed by atoms with Crippen LogP contribution < -0.4 is 9.47 Å². The van der Waals surface area contributed by atoms with Crippen molar-refractivity contribution in [2.24, 2.45) is 0 Å². The van der Waals surface area contributed by atoms with Crippen LogP contribution in [-0.4, -0.2) is 27.3 Å². The molecule has 0 fully saturated rings. The number of ether oxygens (including phenoxy) is 3. The molecular formula is C18H16Cl2O4. The quantitative estimate of drug-likeness (QED) is 0.572. The van der Waals surface area contributed by atoms with Crippen LogP contribution in [0.5, 0.6) is 11.5 Å². The van der Waals surface area contributed by atoms with E-state index in [-0.39, 0.29) is 0 Å². The van der Waals surface area contributed by atoms with Gasteiger partial charge in [0.1, 0.15) is 11.5 Å². The molecule has 0 spiro atoms. The summed E-state index contributed by atoms with van der Waals surface area (Å²) in [6.45, 7) is 0. The average Bonchev–Trinajstić information content (AvgIpc) is 2.59. The summed E-state index contributed by atoms with van der Waals surface area (Å²) in [5, 5.41) is 0.871. The van der Waals surface area contributed by atoms with E-state index in [1.807, 2.05) is 0 Å². The zero-order valence-corrected chi connectivity index (χ0v) is 14.9. The van der Waals surface area contributed by atoms with Crippen LogP contribution in [0.25, 0.3) is 5.57 Å². The first-order chi connectivity index (χ1) is 11.5. The topological polar surface area (TPSA) is 44.8 Å². The number of carbonyl (C=O) groups excluding carboxylic acids is 1. The van der Waals surface area contributed by atoms with Crippen molar-refractivity contribution in [3.05, 3.63) is 63.6 Å². The molecule has 0 N–H and O–H groups in total. The van der Waals surface area contributed by atoms with E-state index in [1.54, 1.807) is 36.4 Å². The Hall–Kier alpha value is -2.17. The number of esters is 1. The summed E-state index contributed by atoms with van der Waals surface area (Å²) in [6.07, 6.45) is 1.39. The Kier molecular flexibility index (Phi) is 6.12. The Morgan fingerprint density at radius 3 is 1.67 bits per heavy atom. The molecule has 0 saturated carbocycles. The van der Waals surface area contributed by atoms with Crippen molar-refractivity contribution in [3.63, 3.8) is 0 Å². The van der Waals surface area contributed by atoms with Gasteiger partial charge >= 0.3 is 5.97 Å². The van der Waals surface area contributed by atoms with E-state index in [0.29, 0.717) is 27.1 Å². The van der Waals surface area contributed by atoms with Crippen LogP contribution >= 0.6 is 23.2 Å². The van der Waals surface area contributed by atoms with E-state index >= 15 is 0 Å². The standard InChI is InChI=1S/C18H16Cl2O4/c1-22-16-6-4-11(8-14(16)19)13(10-18(21)24-3)12-5-7-17(23-2)15(20)9-12/h4-10H,1-3H3. The van der Waals surface area contributed by atoms with Crippen molar-refractivity contribution in [3.8, 4) is 11.5 Å². The van der Waals surface area contributed by atoms with Gasteiger partial charge in [0.05, 0.1) is 31.4 Å². The average molecular weight is 367 g/mol. The molecule has 2 rings (SSSR count). The molecule has 0 aliphatic heterocycles. The van der Waals surface area contributed by atoms with Gasteiger partial charge in [-0.25, -0.2) is 4.79 Å². The Labute approximate surface area is 150 Å². The Bertz CT molecular complexity index is 729. The molecule has 0 unspecified atom stereocenters. The number of methoxy groups -OCH3 is 3. The molecule has 126 valence electrons. The summed E-state index contributed by atoms with van der Waals surface area (Å²) in [5.41, 5.74) is 2.08. The van der Waals surface area contributed by atoms with Gasteiger partial charge in [-0.2, -0.15) is 0 Å². The Morgan fingerprint density at radius 1 is 0.875 bits per heavy atom. The predicted octanol–water partition coefficient (Wildman–Crippen LogP) is 4.62. The molecule has 2 aromatic rings. The minimum absolute atomic E-state index is 0.436. The van der Waals surface area contributed by atoms with Crippen LogP contribution in [0.3, 0.4) is 0 Å². The van der Waals surface area contributed by atoms with Crippen molar-refractivity contribution in [1.29, 1.82) is 0 Å². The smallest absolute Gasteiger partial charge is 0.331 e. The Morgan fingerprint density at radius 2 is 1.33 bits per heavy atom. The van der Waals surface area contributed by atoms with Crippen LogP contribution in [0, 0.1) is 0 Å². The normalized spacial score (nSPS) is 10.0. The SMILES string of the molecule is COC(=O)C=C(c1ccc(OC)c(Cl)c1)c1ccc(OC)c(Cl)c1. The minimum Gasteiger partial charge on any atom is -0.495 e. The summed E-state index contributed by atoms with van der Waals surface area (Å²) in [5.74, 6) is 0.611. The van der Waals surface area contributed by atoms with Gasteiger partial charge in [0, 0.05) is 6.08 Å². The monoisotopic (exact) mass is 366 g/mol. The van der Waals surface area contributed by atoms with Crippen molar-refractivity contribution in [1.82, 2.24) is 0 Å². The maximum absolute atomic E-state index is 11.8. The number of benzene rings is 2. The van der Waals surface area contributed by atoms with E-state index in [0.717, 1.165) is 11.1 Å². The number of carbonyl (C=O) groups is 1. The number of hydrogen-bond acceptors (Lipinski definition) is 4. The highest BCUT2D eigenvalue weighted by atomic mass is 35.5. The molecule has 0 aliphatic carbocycles. The third kappa shape index (κ3) is 4.02. The zero-order valence-electron chi connectivity index (χ0n) is 13.4. The van der Waals surface area contributed by atoms with Gasteiger partial charge in [-0.3, -0.25) is 0 Å². The van der Waals surface area contributed by atoms with Gasteiger partial charge in [-0.1, -0.05) is 35.3 Å². The van der Waals surface area contributed by atoms with Gasteiger partial charge in [0.25, 0.3) is 0 Å². The zero-order chi connectivity index (χ0) is 17.7. The summed E-state index contributed by atoms with van der Waals surface area (Å²) >= 11 is 12.4. The minimum atomic E-state index is -0.483. The largest absolute Gasteiger partial charge is 0.495 e. The number of halogens is 2. The fourth-order valence-corrected chi connectivity index (χ4v) is 2.69. The molecule has 4 nitrogen and oxygen atoms in total. The third-order valence-electron chi connectivity index (χ3n) is 3.39. The second kappa shape index (κ2) is 8.08. The van der Waals surface area contributed by atoms with Gasteiger partial charge < -0.3 is 14.2 Å². The molecule has 0 bridgehead atoms. The lowest BCUT2D eigenvalue weighted by Crippen LogP contribution is -1.99. The molecule has 0 heterocycles. The van der Waals surface area contributed by atoms with Gasteiger partial charge in [-0.05, 0) is 41.0 Å². The second-order valence-electron chi connectivity index (χ2n) is 4.78. The van der Waals surface area contributed by atoms with Crippen LogP contribution in [0.2, 0.25) is 10.0 Å². The van der Waals surface area contributed by atoms with Crippen LogP contribution in [0.4, 0.5) is 0 Å². The van der Waals surface area contributed by atoms with Crippen molar-refractivity contribution in [2.75, 3.05) is 21.3 Å². The van der Waals surface area contributed by atoms with E-state index in [2.05, 4.69) is 0 Å². The van der Waals surface area contributed by atoms with Crippen LogP contribution in [-0.2, 0) is 9.53 Å². The highest BCUT2D eigenvalue weighted by molar-refractivity contribution is 6.32. The first kappa shape index (κ1) is 18.2. The van der Waals surface area contributed by atoms with Crippen LogP contribution in [0.1, 0.15) is 11.1 Å². The lowest BCUT2D eigenvalue weighted by atomic mass is 9.97. The highest BCUT2D eigenvalue weighted by Gasteiger charge is 2.13. The summed E-state index contributed by atoms with van der Waals surface area (Å²) in [7, 11) is 4.39. The summed E-state index contributed by atoms with van der Waals surface area (Å²) in [6, 6.07) is 10.5. The maximum atomic E-state index is 11.8. The number of hydrogen-bond donors (Lipinski definition) is 0. The highest BCUT2D eigenvalue weighted by Crippen LogP contribution is 2.34. The Balaban J connectivity index is 2.57. The summed E-state index contributed by atoms with van der Waals surface area (Å²) < 4.78 is 15.1. The molecular weight excluding hydrogens is 351 g/mol. The second-order valence-corrected chi connectivity index (χ2v) is 5.59. The fourth-order valence-electron chi connectivity index (χ4n) is 2.18. The molecule has 0 amide bonds. The van der Waals surface area contributed by atoms with Crippen LogP contribution in [0.15, 0.2) is 42.5 Å². The first-order valence-corrected chi connectivity index (χ1v) is 7.73. The third-order valence-corrected chi connectivity index (χ3v) is 3.98. The molecule has 6 heteroatoms. The van der Waals surface area contributed by atoms with E-state index < -0.39 is 5.97 Å². The van der Waals surface area contributed by atoms with Crippen molar-refractivity contribution < 1.29 is 19.0 Å². The molecule has 0 aromatic heterocycles. The number of rotatable bonds is 5. The maximum Gasteiger partial charge on any atom is 0.331 e. The molecule has 0 aliphatic rings. The van der Waals surface area contributed by atoms with E-state index in [1.165, 1.54) is 27.4 Å². The lowest BCUT2D eigenvalue weighted by molar-refractivity contribution is -0.134. The van der Waals surface area contributed by atoms with E-state index in [4.69, 9.17) is 37.4 Å². The first-order valence-electron chi connectivity index (χ1n) is 6.97. The van der Waals surface area contributed by atoms with Crippen molar-refractivity contribution in [2.45, 2.75) is 0 Å². The lowest BCUT2D eigenvalue weighted by Gasteiger charge is -2.12. The molecule has 2 aromatic carbocycles. The predicted molar refractivity (Wildman–Crippen MR) is 95.1 cm³/mol. The molecule has 0 atom stereocenters. The fraction of sp³-hybridized carbons (Fsp3) is 0.167. The van der Waals surface area contributed by atoms with E-state index in [9.17, 15) is 4.79 Å². The van der Waals surface area contributed by atoms with Gasteiger partial charge in [0.2, 0.25) is 0 Å². The van der Waals surface area contributed by atoms with Gasteiger partial charge in [0.15, 0.2) is 0 Å².